The number of carbonyl (C=O) groups is 4. The molecule has 2 aromatic carbocycles. The number of carbonyl (C=O) groups excluding carboxylic acids is 4. The molecule has 9 rings (SSSR count). The standard InChI is InChI=1S/C18H17N3O5.C14H19BN2O4.C10H10BrNO3/c22-11-15-10-21(18(24)26-15)14-4-1-12(2-5-14)13-3-6-16(19-9-13)20-7-8-25-17(20)23;1-13(2)14(3,4)21-15(20-13)10-5-6-11(16-9-10)17-7-8-19-12(17)18;11-7-1-3-8(4-2-7)12-5-9(6-13)15-10(12)14/h1-6,9,15,22H,7-8,10-11H2;5-6,9H,7-8H2,1-4H3;1-4,9,13H,5-6H2/t15-;;9-/m1.1/s1. The SMILES string of the molecule is CC1(C)OB(c2ccc(N3CCOC3=O)nc2)OC1(C)C.O=C1O[C@@H](CO)CN1c1ccc(-c2ccc(N3CCOC3=O)nc2)cc1.O=C1O[C@@H](CO)CN1c1ccc(Br)cc1. The van der Waals surface area contributed by atoms with Crippen LogP contribution in [0.1, 0.15) is 27.7 Å². The topological polar surface area (TPSA) is 203 Å². The molecular weight excluding hydrogens is 871 g/mol. The first-order valence-corrected chi connectivity index (χ1v) is 20.7. The second-order valence-electron chi connectivity index (χ2n) is 15.6. The zero-order chi connectivity index (χ0) is 44.2. The van der Waals surface area contributed by atoms with E-state index in [0.29, 0.717) is 56.7 Å². The highest BCUT2D eigenvalue weighted by Gasteiger charge is 2.52. The molecule has 4 aromatic rings. The molecule has 5 aliphatic rings. The van der Waals surface area contributed by atoms with Crippen LogP contribution in [0, 0.1) is 0 Å². The quantitative estimate of drug-likeness (QED) is 0.174. The smallest absolute Gasteiger partial charge is 0.447 e. The van der Waals surface area contributed by atoms with E-state index in [1.165, 1.54) is 19.6 Å². The second-order valence-corrected chi connectivity index (χ2v) is 16.5. The molecule has 2 N–H and O–H groups in total. The molecule has 0 bridgehead atoms. The summed E-state index contributed by atoms with van der Waals surface area (Å²) >= 11 is 3.32. The Morgan fingerprint density at radius 1 is 0.613 bits per heavy atom. The number of hydrogen-bond donors (Lipinski definition) is 2. The van der Waals surface area contributed by atoms with E-state index < -0.39 is 31.5 Å². The van der Waals surface area contributed by atoms with E-state index in [0.717, 1.165) is 26.7 Å². The van der Waals surface area contributed by atoms with Crippen LogP contribution in [0.5, 0.6) is 0 Å². The summed E-state index contributed by atoms with van der Waals surface area (Å²) in [7, 11) is -0.443. The maximum absolute atomic E-state index is 11.8. The lowest BCUT2D eigenvalue weighted by molar-refractivity contribution is 0.00578. The van der Waals surface area contributed by atoms with Crippen LogP contribution in [0.25, 0.3) is 11.1 Å². The first kappa shape index (κ1) is 44.3. The summed E-state index contributed by atoms with van der Waals surface area (Å²) in [5, 5.41) is 18.0. The van der Waals surface area contributed by atoms with Crippen molar-refractivity contribution in [3.05, 3.63) is 89.7 Å². The van der Waals surface area contributed by atoms with Crippen LogP contribution in [0.2, 0.25) is 0 Å². The number of nitrogens with zero attached hydrogens (tertiary/aromatic N) is 6. The predicted octanol–water partition coefficient (Wildman–Crippen LogP) is 5.13. The van der Waals surface area contributed by atoms with E-state index in [2.05, 4.69) is 25.9 Å². The van der Waals surface area contributed by atoms with Crippen LogP contribution < -0.4 is 25.1 Å². The molecular formula is C42H46BBrN6O12. The largest absolute Gasteiger partial charge is 0.496 e. The molecule has 62 heavy (non-hydrogen) atoms. The highest BCUT2D eigenvalue weighted by Crippen LogP contribution is 2.36. The summed E-state index contributed by atoms with van der Waals surface area (Å²) in [5.41, 5.74) is 3.39. The van der Waals surface area contributed by atoms with Gasteiger partial charge in [0.15, 0.2) is 0 Å². The Labute approximate surface area is 366 Å². The number of rotatable bonds is 8. The van der Waals surface area contributed by atoms with Crippen molar-refractivity contribution < 1.29 is 57.6 Å². The Bertz CT molecular complexity index is 2220. The Hall–Kier alpha value is -5.80. The summed E-state index contributed by atoms with van der Waals surface area (Å²) < 4.78 is 32.7. The Kier molecular flexibility index (Phi) is 13.3. The number of pyridine rings is 2. The number of ether oxygens (including phenoxy) is 4. The molecule has 0 unspecified atom stereocenters. The molecule has 0 spiro atoms. The van der Waals surface area contributed by atoms with Crippen LogP contribution >= 0.6 is 15.9 Å². The van der Waals surface area contributed by atoms with Crippen LogP contribution in [-0.4, -0.2) is 128 Å². The number of aliphatic hydroxyl groups excluding tert-OH is 2. The predicted molar refractivity (Wildman–Crippen MR) is 231 cm³/mol. The zero-order valence-electron chi connectivity index (χ0n) is 34.5. The highest BCUT2D eigenvalue weighted by molar-refractivity contribution is 9.10. The molecule has 5 saturated heterocycles. The maximum atomic E-state index is 11.8. The van der Waals surface area contributed by atoms with Crippen LogP contribution in [0.4, 0.5) is 42.2 Å². The van der Waals surface area contributed by atoms with Crippen molar-refractivity contribution in [3.63, 3.8) is 0 Å². The summed E-state index contributed by atoms with van der Waals surface area (Å²) in [6, 6.07) is 22.1. The van der Waals surface area contributed by atoms with Crippen molar-refractivity contribution in [1.82, 2.24) is 9.97 Å². The Morgan fingerprint density at radius 2 is 1.06 bits per heavy atom. The average Bonchev–Trinajstić information content (AvgIpc) is 4.11. The molecule has 2 atom stereocenters. The van der Waals surface area contributed by atoms with Gasteiger partial charge in [0, 0.05) is 39.3 Å². The number of halogens is 1. The third-order valence-electron chi connectivity index (χ3n) is 10.9. The minimum atomic E-state index is -0.490. The molecule has 2 aromatic heterocycles. The van der Waals surface area contributed by atoms with Gasteiger partial charge in [0.1, 0.15) is 37.1 Å². The summed E-state index contributed by atoms with van der Waals surface area (Å²) in [6.45, 7) is 10.2. The normalized spacial score (nSPS) is 21.2. The van der Waals surface area contributed by atoms with Crippen molar-refractivity contribution >= 4 is 75.9 Å². The van der Waals surface area contributed by atoms with Crippen molar-refractivity contribution in [1.29, 1.82) is 0 Å². The molecule has 7 heterocycles. The number of hydrogen-bond acceptors (Lipinski definition) is 14. The van der Waals surface area contributed by atoms with Gasteiger partial charge in [-0.2, -0.15) is 0 Å². The molecule has 4 amide bonds. The minimum Gasteiger partial charge on any atom is -0.447 e. The number of benzene rings is 2. The van der Waals surface area contributed by atoms with Gasteiger partial charge in [0.05, 0.1) is 50.6 Å². The van der Waals surface area contributed by atoms with Gasteiger partial charge in [-0.25, -0.2) is 29.1 Å². The molecule has 0 aliphatic carbocycles. The number of amides is 4. The molecule has 0 saturated carbocycles. The number of aliphatic hydroxyl groups is 2. The van der Waals surface area contributed by atoms with Crippen molar-refractivity contribution in [2.75, 3.05) is 72.2 Å². The molecule has 18 nitrogen and oxygen atoms in total. The lowest BCUT2D eigenvalue weighted by Gasteiger charge is -2.32. The molecule has 20 heteroatoms. The Balaban J connectivity index is 0.000000145. The van der Waals surface area contributed by atoms with Gasteiger partial charge in [-0.1, -0.05) is 34.1 Å². The first-order chi connectivity index (χ1) is 29.7. The zero-order valence-corrected chi connectivity index (χ0v) is 36.1. The van der Waals surface area contributed by atoms with Gasteiger partial charge in [-0.15, -0.1) is 0 Å². The summed E-state index contributed by atoms with van der Waals surface area (Å²) in [4.78, 5) is 61.0. The molecule has 326 valence electrons. The number of anilines is 4. The van der Waals surface area contributed by atoms with Crippen molar-refractivity contribution in [3.8, 4) is 11.1 Å². The van der Waals surface area contributed by atoms with E-state index in [1.807, 2.05) is 88.4 Å². The maximum Gasteiger partial charge on any atom is 0.496 e. The third-order valence-corrected chi connectivity index (χ3v) is 11.5. The van der Waals surface area contributed by atoms with Crippen LogP contribution in [0.3, 0.4) is 0 Å². The van der Waals surface area contributed by atoms with E-state index in [1.54, 1.807) is 24.5 Å². The van der Waals surface area contributed by atoms with Crippen molar-refractivity contribution in [2.24, 2.45) is 0 Å². The van der Waals surface area contributed by atoms with Crippen LogP contribution in [0.15, 0.2) is 89.7 Å². The van der Waals surface area contributed by atoms with Gasteiger partial charge in [-0.05, 0) is 87.9 Å². The lowest BCUT2D eigenvalue weighted by atomic mass is 9.80. The fraction of sp³-hybridized carbons (Fsp3) is 0.381. The van der Waals surface area contributed by atoms with E-state index in [-0.39, 0.29) is 36.6 Å². The third kappa shape index (κ3) is 9.79. The second kappa shape index (κ2) is 18.7. The van der Waals surface area contributed by atoms with Gasteiger partial charge in [0.2, 0.25) is 0 Å². The average molecular weight is 918 g/mol. The van der Waals surface area contributed by atoms with Crippen molar-refractivity contribution in [2.45, 2.75) is 51.1 Å². The monoisotopic (exact) mass is 916 g/mol. The Morgan fingerprint density at radius 3 is 1.45 bits per heavy atom. The van der Waals surface area contributed by atoms with E-state index >= 15 is 0 Å². The summed E-state index contributed by atoms with van der Waals surface area (Å²) in [6.07, 6.45) is 0.874. The fourth-order valence-corrected chi connectivity index (χ4v) is 6.97. The van der Waals surface area contributed by atoms with Gasteiger partial charge < -0.3 is 38.5 Å². The summed E-state index contributed by atoms with van der Waals surface area (Å²) in [5.74, 6) is 1.14. The van der Waals surface area contributed by atoms with E-state index in [9.17, 15) is 19.2 Å². The first-order valence-electron chi connectivity index (χ1n) is 19.9. The van der Waals surface area contributed by atoms with Crippen LogP contribution in [-0.2, 0) is 28.3 Å². The van der Waals surface area contributed by atoms with Gasteiger partial charge in [-0.3, -0.25) is 19.6 Å². The molecule has 5 fully saturated rings. The highest BCUT2D eigenvalue weighted by atomic mass is 79.9. The van der Waals surface area contributed by atoms with E-state index in [4.69, 9.17) is 38.5 Å². The molecule has 0 radical (unpaired) electrons. The lowest BCUT2D eigenvalue weighted by Crippen LogP contribution is -2.41. The minimum absolute atomic E-state index is 0.140. The molecule has 5 aliphatic heterocycles. The van der Waals surface area contributed by atoms with Gasteiger partial charge >= 0.3 is 31.5 Å². The van der Waals surface area contributed by atoms with Gasteiger partial charge in [0.25, 0.3) is 0 Å². The number of cyclic esters (lactones) is 4. The fourth-order valence-electron chi connectivity index (χ4n) is 6.71. The number of aromatic nitrogens is 2.